The summed E-state index contributed by atoms with van der Waals surface area (Å²) in [6.07, 6.45) is 6.55. The molecule has 0 amide bonds. The number of aryl methyl sites for hydroxylation is 1. The van der Waals surface area contributed by atoms with E-state index in [9.17, 15) is 0 Å². The van der Waals surface area contributed by atoms with Gasteiger partial charge in [-0.1, -0.05) is 12.8 Å². The molecule has 23 heavy (non-hydrogen) atoms. The van der Waals surface area contributed by atoms with Crippen molar-refractivity contribution in [1.82, 2.24) is 15.5 Å². The summed E-state index contributed by atoms with van der Waals surface area (Å²) in [4.78, 5) is 9.65. The molecule has 2 N–H and O–H groups in total. The zero-order valence-corrected chi connectivity index (χ0v) is 15.9. The first-order valence-electron chi connectivity index (χ1n) is 8.81. The summed E-state index contributed by atoms with van der Waals surface area (Å²) >= 11 is 1.88. The number of rotatable bonds is 7. The van der Waals surface area contributed by atoms with Gasteiger partial charge in [0.2, 0.25) is 0 Å². The number of hydrogen-bond acceptors (Lipinski definition) is 3. The normalized spacial score (nSPS) is 17.7. The van der Waals surface area contributed by atoms with Gasteiger partial charge in [-0.15, -0.1) is 11.3 Å². The van der Waals surface area contributed by atoms with Gasteiger partial charge in [-0.3, -0.25) is 4.99 Å². The lowest BCUT2D eigenvalue weighted by molar-refractivity contribution is 0.249. The summed E-state index contributed by atoms with van der Waals surface area (Å²) in [7, 11) is 4.09. The third kappa shape index (κ3) is 6.15. The van der Waals surface area contributed by atoms with E-state index in [1.807, 2.05) is 18.4 Å². The Bertz CT molecular complexity index is 491. The van der Waals surface area contributed by atoms with Crippen molar-refractivity contribution in [2.24, 2.45) is 4.99 Å². The molecule has 1 heterocycles. The zero-order valence-electron chi connectivity index (χ0n) is 15.1. The van der Waals surface area contributed by atoms with Gasteiger partial charge in [0.1, 0.15) is 0 Å². The average Bonchev–Trinajstić information content (AvgIpc) is 3.17. The summed E-state index contributed by atoms with van der Waals surface area (Å²) < 4.78 is 0. The second-order valence-electron chi connectivity index (χ2n) is 6.68. The Hall–Kier alpha value is -1.07. The van der Waals surface area contributed by atoms with Crippen molar-refractivity contribution < 1.29 is 0 Å². The molecular formula is C18H32N4S. The number of hydrogen-bond donors (Lipinski definition) is 2. The zero-order chi connectivity index (χ0) is 16.7. The minimum absolute atomic E-state index is 0.381. The molecule has 1 unspecified atom stereocenters. The summed E-state index contributed by atoms with van der Waals surface area (Å²) in [5.74, 6) is 0.908. The molecule has 2 rings (SSSR count). The van der Waals surface area contributed by atoms with Gasteiger partial charge in [0.15, 0.2) is 5.96 Å². The van der Waals surface area contributed by atoms with Crippen LogP contribution in [0.5, 0.6) is 0 Å². The fourth-order valence-corrected chi connectivity index (χ4v) is 4.27. The standard InChI is InChI=1S/C18H32N4S/c1-14(13-17-10-9-15(2)23-17)21-18(19-3)20-11-12-22(4)16-7-5-6-8-16/h9-10,14,16H,5-8,11-13H2,1-4H3,(H2,19,20,21). The molecule has 1 aromatic heterocycles. The van der Waals surface area contributed by atoms with E-state index in [-0.39, 0.29) is 0 Å². The Labute approximate surface area is 145 Å². The number of guanidine groups is 1. The van der Waals surface area contributed by atoms with Gasteiger partial charge in [0.05, 0.1) is 0 Å². The second-order valence-corrected chi connectivity index (χ2v) is 8.05. The Kier molecular flexibility index (Phi) is 7.37. The van der Waals surface area contributed by atoms with Crippen molar-refractivity contribution in [3.63, 3.8) is 0 Å². The Morgan fingerprint density at radius 1 is 1.39 bits per heavy atom. The SMILES string of the molecule is CN=C(NCCN(C)C1CCCC1)NC(C)Cc1ccc(C)s1. The number of nitrogens with zero attached hydrogens (tertiary/aromatic N) is 2. The van der Waals surface area contributed by atoms with Crippen LogP contribution >= 0.6 is 11.3 Å². The van der Waals surface area contributed by atoms with Crippen molar-refractivity contribution in [3.05, 3.63) is 21.9 Å². The van der Waals surface area contributed by atoms with Crippen molar-refractivity contribution in [3.8, 4) is 0 Å². The van der Waals surface area contributed by atoms with Crippen LogP contribution in [0.15, 0.2) is 17.1 Å². The largest absolute Gasteiger partial charge is 0.355 e. The molecule has 0 aromatic carbocycles. The van der Waals surface area contributed by atoms with E-state index in [1.165, 1.54) is 35.4 Å². The van der Waals surface area contributed by atoms with E-state index >= 15 is 0 Å². The van der Waals surface area contributed by atoms with Crippen LogP contribution in [0.2, 0.25) is 0 Å². The van der Waals surface area contributed by atoms with Gasteiger partial charge in [-0.25, -0.2) is 0 Å². The minimum atomic E-state index is 0.381. The summed E-state index contributed by atoms with van der Waals surface area (Å²) in [5.41, 5.74) is 0. The van der Waals surface area contributed by atoms with Gasteiger partial charge in [-0.05, 0) is 45.9 Å². The Morgan fingerprint density at radius 3 is 2.74 bits per heavy atom. The first-order valence-corrected chi connectivity index (χ1v) is 9.63. The molecule has 1 aliphatic rings. The fraction of sp³-hybridized carbons (Fsp3) is 0.722. The Morgan fingerprint density at radius 2 is 2.13 bits per heavy atom. The molecule has 1 aromatic rings. The van der Waals surface area contributed by atoms with Crippen molar-refractivity contribution in [2.75, 3.05) is 27.2 Å². The van der Waals surface area contributed by atoms with Gasteiger partial charge in [-0.2, -0.15) is 0 Å². The molecule has 0 saturated heterocycles. The number of thiophene rings is 1. The van der Waals surface area contributed by atoms with E-state index in [0.717, 1.165) is 31.5 Å². The molecule has 1 saturated carbocycles. The molecule has 5 heteroatoms. The molecule has 1 fully saturated rings. The third-order valence-electron chi connectivity index (χ3n) is 4.62. The fourth-order valence-electron chi connectivity index (χ4n) is 3.25. The van der Waals surface area contributed by atoms with Gasteiger partial charge >= 0.3 is 0 Å². The molecule has 4 nitrogen and oxygen atoms in total. The van der Waals surface area contributed by atoms with E-state index in [4.69, 9.17) is 0 Å². The highest BCUT2D eigenvalue weighted by atomic mass is 32.1. The van der Waals surface area contributed by atoms with Crippen LogP contribution in [-0.4, -0.2) is 50.1 Å². The van der Waals surface area contributed by atoms with Gasteiger partial charge in [0, 0.05) is 48.4 Å². The maximum atomic E-state index is 4.35. The number of aliphatic imine (C=N–C) groups is 1. The van der Waals surface area contributed by atoms with Gasteiger partial charge < -0.3 is 15.5 Å². The summed E-state index contributed by atoms with van der Waals surface area (Å²) in [6, 6.07) is 5.59. The van der Waals surface area contributed by atoms with Crippen LogP contribution in [0.4, 0.5) is 0 Å². The maximum absolute atomic E-state index is 4.35. The van der Waals surface area contributed by atoms with E-state index < -0.39 is 0 Å². The van der Waals surface area contributed by atoms with Crippen molar-refractivity contribution in [1.29, 1.82) is 0 Å². The number of nitrogens with one attached hydrogen (secondary N) is 2. The molecule has 130 valence electrons. The highest BCUT2D eigenvalue weighted by Crippen LogP contribution is 2.21. The predicted molar refractivity (Wildman–Crippen MR) is 102 cm³/mol. The number of likely N-dealkylation sites (N-methyl/N-ethyl adjacent to an activating group) is 1. The van der Waals surface area contributed by atoms with Crippen molar-refractivity contribution in [2.45, 2.75) is 58.0 Å². The van der Waals surface area contributed by atoms with E-state index in [2.05, 4.69) is 53.6 Å². The second kappa shape index (κ2) is 9.28. The summed E-state index contributed by atoms with van der Waals surface area (Å²) in [6.45, 7) is 6.39. The van der Waals surface area contributed by atoms with Crippen LogP contribution < -0.4 is 10.6 Å². The van der Waals surface area contributed by atoms with E-state index in [0.29, 0.717) is 6.04 Å². The van der Waals surface area contributed by atoms with E-state index in [1.54, 1.807) is 0 Å². The molecule has 0 spiro atoms. The van der Waals surface area contributed by atoms with Crippen LogP contribution in [0.1, 0.15) is 42.4 Å². The highest BCUT2D eigenvalue weighted by molar-refractivity contribution is 7.11. The third-order valence-corrected chi connectivity index (χ3v) is 5.64. The molecule has 0 bridgehead atoms. The van der Waals surface area contributed by atoms with Crippen LogP contribution in [-0.2, 0) is 6.42 Å². The lowest BCUT2D eigenvalue weighted by Gasteiger charge is -2.25. The predicted octanol–water partition coefficient (Wildman–Crippen LogP) is 3.03. The highest BCUT2D eigenvalue weighted by Gasteiger charge is 2.18. The molecule has 1 atom stereocenters. The molecule has 0 radical (unpaired) electrons. The summed E-state index contributed by atoms with van der Waals surface area (Å²) in [5, 5.41) is 6.94. The maximum Gasteiger partial charge on any atom is 0.191 e. The van der Waals surface area contributed by atoms with Crippen molar-refractivity contribution >= 4 is 17.3 Å². The molecule has 1 aliphatic carbocycles. The minimum Gasteiger partial charge on any atom is -0.355 e. The lowest BCUT2D eigenvalue weighted by Crippen LogP contribution is -2.45. The first-order chi connectivity index (χ1) is 11.1. The van der Waals surface area contributed by atoms with Gasteiger partial charge in [0.25, 0.3) is 0 Å². The molecule has 0 aliphatic heterocycles. The van der Waals surface area contributed by atoms with Crippen LogP contribution in [0, 0.1) is 6.92 Å². The molecular weight excluding hydrogens is 304 g/mol. The van der Waals surface area contributed by atoms with Crippen LogP contribution in [0.25, 0.3) is 0 Å². The quantitative estimate of drug-likeness (QED) is 0.594. The topological polar surface area (TPSA) is 39.7 Å². The average molecular weight is 337 g/mol. The monoisotopic (exact) mass is 336 g/mol. The smallest absolute Gasteiger partial charge is 0.191 e. The first kappa shape index (κ1) is 18.3. The Balaban J connectivity index is 1.68. The lowest BCUT2D eigenvalue weighted by atomic mass is 10.2. The van der Waals surface area contributed by atoms with Crippen LogP contribution in [0.3, 0.4) is 0 Å².